The van der Waals surface area contributed by atoms with Gasteiger partial charge in [0, 0.05) is 11.1 Å². The number of anilines is 1. The normalized spacial score (nSPS) is 10.5. The summed E-state index contributed by atoms with van der Waals surface area (Å²) in [6.45, 7) is 0. The number of nitrogens with zero attached hydrogens (tertiary/aromatic N) is 2. The van der Waals surface area contributed by atoms with Crippen LogP contribution >= 0.6 is 35.0 Å². The summed E-state index contributed by atoms with van der Waals surface area (Å²) in [5.74, 6) is 0.475. The average molecular weight is 520 g/mol. The van der Waals surface area contributed by atoms with Crippen molar-refractivity contribution in [2.45, 2.75) is 5.03 Å². The van der Waals surface area contributed by atoms with Gasteiger partial charge < -0.3 is 10.1 Å². The van der Waals surface area contributed by atoms with E-state index in [9.17, 15) is 10.1 Å². The highest BCUT2D eigenvalue weighted by molar-refractivity contribution is 8.00. The Labute approximate surface area is 217 Å². The highest BCUT2D eigenvalue weighted by Gasteiger charge is 2.17. The molecule has 8 heteroatoms. The van der Waals surface area contributed by atoms with E-state index in [0.717, 1.165) is 22.4 Å². The first-order valence-corrected chi connectivity index (χ1v) is 12.3. The number of carbonyl (C=O) groups excluding carboxylic acids is 1. The Morgan fingerprint density at radius 2 is 1.77 bits per heavy atom. The van der Waals surface area contributed by atoms with Gasteiger partial charge >= 0.3 is 0 Å². The Hall–Kier alpha value is -3.50. The molecule has 1 aromatic heterocycles. The molecule has 174 valence electrons. The summed E-state index contributed by atoms with van der Waals surface area (Å²) < 4.78 is 5.26. The number of methoxy groups -OCH3 is 1. The molecule has 4 rings (SSSR count). The van der Waals surface area contributed by atoms with Gasteiger partial charge in [-0.1, -0.05) is 71.4 Å². The fraction of sp³-hybridized carbons (Fsp3) is 0.0741. The van der Waals surface area contributed by atoms with Gasteiger partial charge in [-0.15, -0.1) is 0 Å². The zero-order chi connectivity index (χ0) is 24.8. The van der Waals surface area contributed by atoms with Crippen LogP contribution in [0.25, 0.3) is 22.4 Å². The maximum absolute atomic E-state index is 12.7. The summed E-state index contributed by atoms with van der Waals surface area (Å²) in [6, 6.07) is 26.3. The topological polar surface area (TPSA) is 75.0 Å². The number of thioether (sulfide) groups is 1. The number of ether oxygens (including phenoxy) is 1. The zero-order valence-corrected chi connectivity index (χ0v) is 20.9. The number of aromatic nitrogens is 1. The molecule has 0 saturated heterocycles. The lowest BCUT2D eigenvalue weighted by molar-refractivity contribution is -0.113. The van der Waals surface area contributed by atoms with Crippen molar-refractivity contribution in [3.05, 3.63) is 94.5 Å². The number of halogens is 2. The fourth-order valence-corrected chi connectivity index (χ4v) is 4.56. The number of hydrogen-bond acceptors (Lipinski definition) is 5. The molecule has 1 amide bonds. The van der Waals surface area contributed by atoms with Gasteiger partial charge in [-0.25, -0.2) is 4.98 Å². The number of benzene rings is 3. The molecule has 0 radical (unpaired) electrons. The van der Waals surface area contributed by atoms with Crippen molar-refractivity contribution in [1.82, 2.24) is 4.98 Å². The molecule has 0 aliphatic rings. The van der Waals surface area contributed by atoms with E-state index in [4.69, 9.17) is 32.9 Å². The zero-order valence-electron chi connectivity index (χ0n) is 18.6. The number of amides is 1. The van der Waals surface area contributed by atoms with E-state index in [0.29, 0.717) is 27.0 Å². The van der Waals surface area contributed by atoms with Crippen LogP contribution in [-0.2, 0) is 4.79 Å². The van der Waals surface area contributed by atoms with Crippen LogP contribution in [0.4, 0.5) is 5.69 Å². The standard InChI is InChI=1S/C27H19Cl2N3O2S/c1-34-19-12-10-18(11-13-19)24-14-20(17-6-3-2-4-7-17)21(15-30)27(32-24)35-16-25(33)31-23-9-5-8-22(28)26(23)29/h2-14H,16H2,1H3,(H,31,33). The van der Waals surface area contributed by atoms with E-state index in [1.54, 1.807) is 25.3 Å². The first-order valence-electron chi connectivity index (χ1n) is 10.5. The van der Waals surface area contributed by atoms with Crippen LogP contribution in [0, 0.1) is 11.3 Å². The third kappa shape index (κ3) is 5.77. The number of pyridine rings is 1. The molecule has 1 N–H and O–H groups in total. The minimum atomic E-state index is -0.291. The van der Waals surface area contributed by atoms with Crippen LogP contribution in [0.2, 0.25) is 10.0 Å². The van der Waals surface area contributed by atoms with E-state index >= 15 is 0 Å². The molecule has 5 nitrogen and oxygen atoms in total. The Bertz CT molecular complexity index is 1400. The lowest BCUT2D eigenvalue weighted by Crippen LogP contribution is -2.14. The van der Waals surface area contributed by atoms with Crippen molar-refractivity contribution >= 4 is 46.6 Å². The smallest absolute Gasteiger partial charge is 0.234 e. The van der Waals surface area contributed by atoms with Crippen LogP contribution in [0.3, 0.4) is 0 Å². The molecule has 0 spiro atoms. The Balaban J connectivity index is 1.68. The maximum Gasteiger partial charge on any atom is 0.234 e. The predicted octanol–water partition coefficient (Wildman–Crippen LogP) is 7.33. The quantitative estimate of drug-likeness (QED) is 0.258. The SMILES string of the molecule is COc1ccc(-c2cc(-c3ccccc3)c(C#N)c(SCC(=O)Nc3cccc(Cl)c3Cl)n2)cc1. The second-order valence-corrected chi connectivity index (χ2v) is 9.13. The van der Waals surface area contributed by atoms with Gasteiger partial charge in [-0.05, 0) is 48.0 Å². The second-order valence-electron chi connectivity index (χ2n) is 7.38. The summed E-state index contributed by atoms with van der Waals surface area (Å²) in [5.41, 5.74) is 4.02. The third-order valence-electron chi connectivity index (χ3n) is 5.13. The molecule has 0 aliphatic carbocycles. The minimum absolute atomic E-state index is 0.0326. The van der Waals surface area contributed by atoms with Crippen LogP contribution in [0.1, 0.15) is 5.56 Å². The molecule has 4 aromatic rings. The summed E-state index contributed by atoms with van der Waals surface area (Å²) in [4.78, 5) is 17.4. The molecule has 3 aromatic carbocycles. The highest BCUT2D eigenvalue weighted by Crippen LogP contribution is 2.35. The van der Waals surface area contributed by atoms with Crippen molar-refractivity contribution in [1.29, 1.82) is 5.26 Å². The fourth-order valence-electron chi connectivity index (χ4n) is 3.41. The molecule has 0 saturated carbocycles. The van der Waals surface area contributed by atoms with E-state index in [1.807, 2.05) is 60.7 Å². The number of nitriles is 1. The second kappa shape index (κ2) is 11.3. The van der Waals surface area contributed by atoms with Gasteiger partial charge in [0.2, 0.25) is 5.91 Å². The van der Waals surface area contributed by atoms with Crippen molar-refractivity contribution in [3.63, 3.8) is 0 Å². The third-order valence-corrected chi connectivity index (χ3v) is 6.93. The van der Waals surface area contributed by atoms with Gasteiger partial charge in [0.25, 0.3) is 0 Å². The highest BCUT2D eigenvalue weighted by atomic mass is 35.5. The Morgan fingerprint density at radius 1 is 1.03 bits per heavy atom. The van der Waals surface area contributed by atoms with Crippen LogP contribution in [0.5, 0.6) is 5.75 Å². The first kappa shape index (κ1) is 24.6. The van der Waals surface area contributed by atoms with E-state index in [2.05, 4.69) is 11.4 Å². The number of hydrogen-bond donors (Lipinski definition) is 1. The van der Waals surface area contributed by atoms with Gasteiger partial charge in [0.15, 0.2) is 0 Å². The van der Waals surface area contributed by atoms with E-state index in [-0.39, 0.29) is 16.7 Å². The van der Waals surface area contributed by atoms with Gasteiger partial charge in [-0.3, -0.25) is 4.79 Å². The lowest BCUT2D eigenvalue weighted by atomic mass is 9.99. The van der Waals surface area contributed by atoms with Crippen molar-refractivity contribution in [3.8, 4) is 34.2 Å². The molecule has 1 heterocycles. The molecule has 0 fully saturated rings. The molecule has 0 unspecified atom stereocenters. The van der Waals surface area contributed by atoms with Crippen LogP contribution in [-0.4, -0.2) is 23.8 Å². The van der Waals surface area contributed by atoms with Gasteiger partial charge in [0.1, 0.15) is 16.8 Å². The minimum Gasteiger partial charge on any atom is -0.497 e. The summed E-state index contributed by atoms with van der Waals surface area (Å²) in [6.07, 6.45) is 0. The predicted molar refractivity (Wildman–Crippen MR) is 142 cm³/mol. The van der Waals surface area contributed by atoms with Gasteiger partial charge in [-0.2, -0.15) is 5.26 Å². The molecule has 0 bridgehead atoms. The average Bonchev–Trinajstić information content (AvgIpc) is 2.90. The summed E-state index contributed by atoms with van der Waals surface area (Å²) in [5, 5.41) is 13.9. The Kier molecular flexibility index (Phi) is 7.94. The molecule has 0 aliphatic heterocycles. The number of rotatable bonds is 7. The molecular formula is C27H19Cl2N3O2S. The van der Waals surface area contributed by atoms with Gasteiger partial charge in [0.05, 0.1) is 39.9 Å². The summed E-state index contributed by atoms with van der Waals surface area (Å²) in [7, 11) is 1.61. The largest absolute Gasteiger partial charge is 0.497 e. The Morgan fingerprint density at radius 3 is 2.46 bits per heavy atom. The number of nitrogens with one attached hydrogen (secondary N) is 1. The van der Waals surface area contributed by atoms with Crippen molar-refractivity contribution in [2.75, 3.05) is 18.2 Å². The van der Waals surface area contributed by atoms with E-state index in [1.165, 1.54) is 11.8 Å². The summed E-state index contributed by atoms with van der Waals surface area (Å²) >= 11 is 13.4. The molecular weight excluding hydrogens is 501 g/mol. The van der Waals surface area contributed by atoms with E-state index < -0.39 is 0 Å². The number of carbonyl (C=O) groups is 1. The maximum atomic E-state index is 12.7. The van der Waals surface area contributed by atoms with Crippen LogP contribution in [0.15, 0.2) is 83.9 Å². The first-order chi connectivity index (χ1) is 17.0. The van der Waals surface area contributed by atoms with Crippen molar-refractivity contribution < 1.29 is 9.53 Å². The van der Waals surface area contributed by atoms with Crippen LogP contribution < -0.4 is 10.1 Å². The molecule has 35 heavy (non-hydrogen) atoms. The monoisotopic (exact) mass is 519 g/mol. The lowest BCUT2D eigenvalue weighted by Gasteiger charge is -2.13. The molecule has 0 atom stereocenters. The van der Waals surface area contributed by atoms with Crippen molar-refractivity contribution in [2.24, 2.45) is 0 Å².